The molecule has 2 aliphatic rings. The lowest BCUT2D eigenvalue weighted by Crippen LogP contribution is -2.47. The highest BCUT2D eigenvalue weighted by molar-refractivity contribution is 6.42. The second-order valence-electron chi connectivity index (χ2n) is 8.38. The van der Waals surface area contributed by atoms with E-state index in [-0.39, 0.29) is 5.91 Å². The zero-order chi connectivity index (χ0) is 21.0. The summed E-state index contributed by atoms with van der Waals surface area (Å²) in [5.74, 6) is 2.17. The number of piperazine rings is 1. The van der Waals surface area contributed by atoms with Gasteiger partial charge in [-0.05, 0) is 44.6 Å². The van der Waals surface area contributed by atoms with E-state index in [4.69, 9.17) is 23.2 Å². The normalized spacial score (nSPS) is 23.1. The molecule has 0 unspecified atom stereocenters. The first-order chi connectivity index (χ1) is 13.8. The Kier molecular flexibility index (Phi) is 7.82. The monoisotopic (exact) mass is 442 g/mol. The van der Waals surface area contributed by atoms with E-state index in [0.29, 0.717) is 22.2 Å². The van der Waals surface area contributed by atoms with Crippen molar-refractivity contribution in [1.82, 2.24) is 20.2 Å². The Balaban J connectivity index is 1.45. The van der Waals surface area contributed by atoms with E-state index in [1.807, 2.05) is 19.0 Å². The molecule has 1 N–H and O–H groups in total. The van der Waals surface area contributed by atoms with Crippen molar-refractivity contribution >= 4 is 40.9 Å². The fraction of sp³-hybridized carbons (Fsp3) is 0.750. The Bertz CT molecular complexity index is 700. The molecule has 0 aromatic carbocycles. The molecule has 1 aromatic heterocycles. The highest BCUT2D eigenvalue weighted by Crippen LogP contribution is 2.32. The summed E-state index contributed by atoms with van der Waals surface area (Å²) < 4.78 is 0. The molecule has 1 saturated heterocycles. The van der Waals surface area contributed by atoms with Crippen LogP contribution in [0.25, 0.3) is 0 Å². The van der Waals surface area contributed by atoms with Crippen molar-refractivity contribution in [3.8, 4) is 0 Å². The summed E-state index contributed by atoms with van der Waals surface area (Å²) in [5, 5.41) is 3.79. The summed E-state index contributed by atoms with van der Waals surface area (Å²) in [4.78, 5) is 26.6. The molecule has 2 heterocycles. The predicted molar refractivity (Wildman–Crippen MR) is 119 cm³/mol. The molecule has 9 heteroatoms. The van der Waals surface area contributed by atoms with Crippen LogP contribution >= 0.6 is 23.2 Å². The summed E-state index contributed by atoms with van der Waals surface area (Å²) in [6, 6.07) is 0.379. The highest BCUT2D eigenvalue weighted by atomic mass is 35.5. The van der Waals surface area contributed by atoms with Gasteiger partial charge in [0.2, 0.25) is 11.9 Å². The van der Waals surface area contributed by atoms with Crippen LogP contribution in [0.15, 0.2) is 0 Å². The highest BCUT2D eigenvalue weighted by Gasteiger charge is 2.25. The Hall–Kier alpha value is -1.31. The summed E-state index contributed by atoms with van der Waals surface area (Å²) >= 11 is 12.6. The second kappa shape index (κ2) is 10.1. The zero-order valence-corrected chi connectivity index (χ0v) is 19.1. The number of hydrogen-bond donors (Lipinski definition) is 1. The minimum absolute atomic E-state index is 0.0918. The van der Waals surface area contributed by atoms with Gasteiger partial charge in [0.15, 0.2) is 11.0 Å². The number of nitrogens with one attached hydrogen (secondary N) is 1. The first kappa shape index (κ1) is 22.4. The van der Waals surface area contributed by atoms with Gasteiger partial charge in [0.25, 0.3) is 0 Å². The molecule has 1 amide bonds. The number of carbonyl (C=O) groups excluding carboxylic acids is 1. The number of rotatable bonds is 6. The van der Waals surface area contributed by atoms with Crippen LogP contribution in [0.5, 0.6) is 0 Å². The molecule has 0 spiro atoms. The molecular weight excluding hydrogens is 411 g/mol. The minimum atomic E-state index is 0.0918. The van der Waals surface area contributed by atoms with Crippen molar-refractivity contribution in [2.24, 2.45) is 5.92 Å². The first-order valence-corrected chi connectivity index (χ1v) is 11.2. The van der Waals surface area contributed by atoms with Gasteiger partial charge >= 0.3 is 0 Å². The molecule has 0 atom stereocenters. The second-order valence-corrected chi connectivity index (χ2v) is 9.12. The molecule has 1 aromatic rings. The molecule has 0 bridgehead atoms. The molecule has 2 fully saturated rings. The third kappa shape index (κ3) is 6.09. The van der Waals surface area contributed by atoms with E-state index >= 15 is 0 Å². The Morgan fingerprint density at radius 2 is 1.76 bits per heavy atom. The molecule has 162 valence electrons. The van der Waals surface area contributed by atoms with Crippen LogP contribution in [-0.4, -0.2) is 73.6 Å². The molecule has 29 heavy (non-hydrogen) atoms. The fourth-order valence-electron chi connectivity index (χ4n) is 4.24. The lowest BCUT2D eigenvalue weighted by molar-refractivity contribution is -0.119. The van der Waals surface area contributed by atoms with Crippen LogP contribution in [0, 0.1) is 5.92 Å². The van der Waals surface area contributed by atoms with Gasteiger partial charge in [0.05, 0.1) is 0 Å². The number of halogens is 2. The fourth-order valence-corrected chi connectivity index (χ4v) is 4.60. The van der Waals surface area contributed by atoms with Crippen LogP contribution in [0.2, 0.25) is 10.2 Å². The molecule has 0 radical (unpaired) electrons. The van der Waals surface area contributed by atoms with Crippen molar-refractivity contribution in [2.75, 3.05) is 56.6 Å². The maximum atomic E-state index is 11.2. The van der Waals surface area contributed by atoms with E-state index in [9.17, 15) is 4.79 Å². The first-order valence-electron chi connectivity index (χ1n) is 10.5. The lowest BCUT2D eigenvalue weighted by atomic mass is 9.84. The van der Waals surface area contributed by atoms with E-state index in [1.54, 1.807) is 6.92 Å². The number of hydrogen-bond acceptors (Lipinski definition) is 6. The number of aromatic nitrogens is 2. The van der Waals surface area contributed by atoms with E-state index in [2.05, 4.69) is 25.1 Å². The van der Waals surface area contributed by atoms with Crippen LogP contribution in [-0.2, 0) is 4.79 Å². The van der Waals surface area contributed by atoms with Crippen molar-refractivity contribution in [3.05, 3.63) is 10.2 Å². The average molecular weight is 443 g/mol. The van der Waals surface area contributed by atoms with Gasteiger partial charge in [0.1, 0.15) is 5.02 Å². The number of nitrogens with zero attached hydrogens (tertiary/aromatic N) is 5. The van der Waals surface area contributed by atoms with E-state index in [1.165, 1.54) is 19.3 Å². The largest absolute Gasteiger partial charge is 0.354 e. The lowest BCUT2D eigenvalue weighted by Gasteiger charge is -2.37. The number of amides is 1. The van der Waals surface area contributed by atoms with Crippen LogP contribution in [0.1, 0.15) is 39.0 Å². The Morgan fingerprint density at radius 3 is 2.34 bits per heavy atom. The maximum Gasteiger partial charge on any atom is 0.228 e. The van der Waals surface area contributed by atoms with Crippen LogP contribution in [0.4, 0.5) is 11.8 Å². The van der Waals surface area contributed by atoms with Gasteiger partial charge in [-0.15, -0.1) is 0 Å². The molecule has 1 aliphatic heterocycles. The molecule has 1 saturated carbocycles. The Morgan fingerprint density at radius 1 is 1.10 bits per heavy atom. The Labute approximate surface area is 183 Å². The van der Waals surface area contributed by atoms with E-state index < -0.39 is 0 Å². The van der Waals surface area contributed by atoms with E-state index in [0.717, 1.165) is 57.3 Å². The number of anilines is 2. The van der Waals surface area contributed by atoms with Crippen molar-refractivity contribution in [1.29, 1.82) is 0 Å². The average Bonchev–Trinajstić information content (AvgIpc) is 2.69. The topological polar surface area (TPSA) is 64.6 Å². The van der Waals surface area contributed by atoms with Crippen molar-refractivity contribution < 1.29 is 4.79 Å². The van der Waals surface area contributed by atoms with Crippen LogP contribution < -0.4 is 15.1 Å². The third-order valence-electron chi connectivity index (χ3n) is 5.96. The van der Waals surface area contributed by atoms with Gasteiger partial charge < -0.3 is 15.1 Å². The SMILES string of the molecule is CC(=O)N[C@H]1CC[C@H](CCN2CCN(c3nc(N(C)C)nc(Cl)c3Cl)CC2)CC1. The standard InChI is InChI=1S/C20H32Cl2N6O/c1-14(29)23-16-6-4-15(5-7-16)8-9-27-10-12-28(13-11-27)19-17(21)18(22)24-20(25-19)26(2)3/h15-16H,4-13H2,1-3H3,(H,23,29)/t15-,16-. The van der Waals surface area contributed by atoms with Crippen molar-refractivity contribution in [3.63, 3.8) is 0 Å². The van der Waals surface area contributed by atoms with Gasteiger partial charge in [-0.3, -0.25) is 9.69 Å². The number of carbonyl (C=O) groups is 1. The smallest absolute Gasteiger partial charge is 0.228 e. The van der Waals surface area contributed by atoms with Gasteiger partial charge in [0, 0.05) is 53.2 Å². The van der Waals surface area contributed by atoms with Gasteiger partial charge in [-0.25, -0.2) is 0 Å². The van der Waals surface area contributed by atoms with Crippen LogP contribution in [0.3, 0.4) is 0 Å². The molecular formula is C20H32Cl2N6O. The van der Waals surface area contributed by atoms with Gasteiger partial charge in [-0.2, -0.15) is 9.97 Å². The quantitative estimate of drug-likeness (QED) is 0.682. The summed E-state index contributed by atoms with van der Waals surface area (Å²) in [6.07, 6.45) is 5.89. The summed E-state index contributed by atoms with van der Waals surface area (Å²) in [5.41, 5.74) is 0. The van der Waals surface area contributed by atoms with Crippen molar-refractivity contribution in [2.45, 2.75) is 45.1 Å². The summed E-state index contributed by atoms with van der Waals surface area (Å²) in [6.45, 7) is 6.50. The minimum Gasteiger partial charge on any atom is -0.354 e. The molecule has 7 nitrogen and oxygen atoms in total. The zero-order valence-electron chi connectivity index (χ0n) is 17.6. The van der Waals surface area contributed by atoms with Gasteiger partial charge in [-0.1, -0.05) is 23.2 Å². The molecule has 3 rings (SSSR count). The summed E-state index contributed by atoms with van der Waals surface area (Å²) in [7, 11) is 3.79. The predicted octanol–water partition coefficient (Wildman–Crippen LogP) is 3.06. The third-order valence-corrected chi connectivity index (χ3v) is 6.68. The maximum absolute atomic E-state index is 11.2. The molecule has 1 aliphatic carbocycles.